The molecule has 1 atom stereocenters. The molecule has 1 aromatic rings. The lowest BCUT2D eigenvalue weighted by Crippen LogP contribution is -2.30. The Labute approximate surface area is 109 Å². The van der Waals surface area contributed by atoms with E-state index < -0.39 is 6.10 Å². The quantitative estimate of drug-likeness (QED) is 0.842. The fourth-order valence-electron chi connectivity index (χ4n) is 2.09. The molecule has 1 aromatic heterocycles. The highest BCUT2D eigenvalue weighted by Crippen LogP contribution is 2.21. The summed E-state index contributed by atoms with van der Waals surface area (Å²) in [6, 6.07) is 0. The SMILES string of the molecule is CCc1nn(C)c(NC(=O)C(CC)OC)c1CC. The van der Waals surface area contributed by atoms with Gasteiger partial charge in [0, 0.05) is 19.7 Å². The number of aryl methyl sites for hydroxylation is 2. The van der Waals surface area contributed by atoms with Gasteiger partial charge in [-0.25, -0.2) is 0 Å². The van der Waals surface area contributed by atoms with Crippen LogP contribution in [-0.4, -0.2) is 28.9 Å². The molecule has 0 radical (unpaired) electrons. The number of amides is 1. The molecule has 0 aliphatic carbocycles. The molecule has 0 spiro atoms. The maximum absolute atomic E-state index is 12.0. The molecule has 0 fully saturated rings. The Balaban J connectivity index is 2.96. The molecule has 18 heavy (non-hydrogen) atoms. The highest BCUT2D eigenvalue weighted by Gasteiger charge is 2.20. The van der Waals surface area contributed by atoms with Crippen LogP contribution in [0.25, 0.3) is 0 Å². The number of anilines is 1. The average molecular weight is 253 g/mol. The first-order chi connectivity index (χ1) is 8.58. The number of ether oxygens (including phenoxy) is 1. The second-order valence-electron chi connectivity index (χ2n) is 4.23. The van der Waals surface area contributed by atoms with Gasteiger partial charge in [-0.05, 0) is 19.3 Å². The molecular weight excluding hydrogens is 230 g/mol. The summed E-state index contributed by atoms with van der Waals surface area (Å²) in [7, 11) is 3.40. The predicted octanol–water partition coefficient (Wildman–Crippen LogP) is 1.91. The number of nitrogens with one attached hydrogen (secondary N) is 1. The predicted molar refractivity (Wildman–Crippen MR) is 71.7 cm³/mol. The number of methoxy groups -OCH3 is 1. The normalized spacial score (nSPS) is 12.5. The van der Waals surface area contributed by atoms with Crippen molar-refractivity contribution in [2.45, 2.75) is 46.1 Å². The van der Waals surface area contributed by atoms with Crippen molar-refractivity contribution < 1.29 is 9.53 Å². The fourth-order valence-corrected chi connectivity index (χ4v) is 2.09. The zero-order valence-corrected chi connectivity index (χ0v) is 11.9. The van der Waals surface area contributed by atoms with Crippen LogP contribution in [0, 0.1) is 0 Å². The van der Waals surface area contributed by atoms with Crippen molar-refractivity contribution in [1.29, 1.82) is 0 Å². The summed E-state index contributed by atoms with van der Waals surface area (Å²) in [6.45, 7) is 6.06. The summed E-state index contributed by atoms with van der Waals surface area (Å²) >= 11 is 0. The Hall–Kier alpha value is -1.36. The van der Waals surface area contributed by atoms with E-state index in [1.165, 1.54) is 0 Å². The van der Waals surface area contributed by atoms with Gasteiger partial charge in [-0.3, -0.25) is 9.48 Å². The van der Waals surface area contributed by atoms with E-state index in [2.05, 4.69) is 24.3 Å². The van der Waals surface area contributed by atoms with Gasteiger partial charge in [-0.1, -0.05) is 20.8 Å². The van der Waals surface area contributed by atoms with Crippen LogP contribution < -0.4 is 5.32 Å². The molecule has 0 aromatic carbocycles. The van der Waals surface area contributed by atoms with Gasteiger partial charge in [0.25, 0.3) is 5.91 Å². The zero-order chi connectivity index (χ0) is 13.7. The molecule has 0 aliphatic heterocycles. The van der Waals surface area contributed by atoms with Gasteiger partial charge in [-0.15, -0.1) is 0 Å². The van der Waals surface area contributed by atoms with Crippen LogP contribution in [-0.2, 0) is 29.4 Å². The highest BCUT2D eigenvalue weighted by molar-refractivity contribution is 5.94. The Kier molecular flexibility index (Phi) is 5.34. The molecule has 1 rings (SSSR count). The molecule has 1 unspecified atom stereocenters. The largest absolute Gasteiger partial charge is 0.372 e. The lowest BCUT2D eigenvalue weighted by atomic mass is 10.1. The van der Waals surface area contributed by atoms with E-state index in [0.717, 1.165) is 29.9 Å². The summed E-state index contributed by atoms with van der Waals surface area (Å²) in [5, 5.41) is 7.35. The number of aromatic nitrogens is 2. The van der Waals surface area contributed by atoms with Crippen LogP contribution >= 0.6 is 0 Å². The van der Waals surface area contributed by atoms with Gasteiger partial charge in [-0.2, -0.15) is 5.10 Å². The summed E-state index contributed by atoms with van der Waals surface area (Å²) in [5.74, 6) is 0.676. The van der Waals surface area contributed by atoms with E-state index in [0.29, 0.717) is 6.42 Å². The van der Waals surface area contributed by atoms with Crippen LogP contribution in [0.3, 0.4) is 0 Å². The lowest BCUT2D eigenvalue weighted by molar-refractivity contribution is -0.125. The van der Waals surface area contributed by atoms with Crippen molar-refractivity contribution in [3.63, 3.8) is 0 Å². The first-order valence-corrected chi connectivity index (χ1v) is 6.47. The second kappa shape index (κ2) is 6.54. The summed E-state index contributed by atoms with van der Waals surface area (Å²) in [4.78, 5) is 12.0. The van der Waals surface area contributed by atoms with Gasteiger partial charge in [0.2, 0.25) is 0 Å². The minimum atomic E-state index is -0.408. The summed E-state index contributed by atoms with van der Waals surface area (Å²) in [5.41, 5.74) is 2.15. The lowest BCUT2D eigenvalue weighted by Gasteiger charge is -2.14. The Morgan fingerprint density at radius 3 is 2.50 bits per heavy atom. The Morgan fingerprint density at radius 2 is 2.06 bits per heavy atom. The standard InChI is InChI=1S/C13H23N3O2/c1-6-9-10(7-2)15-16(4)12(9)14-13(17)11(8-3)18-5/h11H,6-8H2,1-5H3,(H,14,17). The highest BCUT2D eigenvalue weighted by atomic mass is 16.5. The first-order valence-electron chi connectivity index (χ1n) is 6.47. The minimum Gasteiger partial charge on any atom is -0.372 e. The summed E-state index contributed by atoms with van der Waals surface area (Å²) < 4.78 is 6.87. The van der Waals surface area contributed by atoms with Crippen LogP contribution in [0.4, 0.5) is 5.82 Å². The number of carbonyl (C=O) groups excluding carboxylic acids is 1. The third-order valence-corrected chi connectivity index (χ3v) is 3.11. The minimum absolute atomic E-state index is 0.111. The molecule has 0 aliphatic rings. The van der Waals surface area contributed by atoms with Crippen molar-refractivity contribution >= 4 is 11.7 Å². The van der Waals surface area contributed by atoms with Crippen molar-refractivity contribution in [1.82, 2.24) is 9.78 Å². The third-order valence-electron chi connectivity index (χ3n) is 3.11. The van der Waals surface area contributed by atoms with E-state index in [1.54, 1.807) is 11.8 Å². The molecular formula is C13H23N3O2. The topological polar surface area (TPSA) is 56.2 Å². The van der Waals surface area contributed by atoms with E-state index in [1.807, 2.05) is 14.0 Å². The maximum atomic E-state index is 12.0. The smallest absolute Gasteiger partial charge is 0.254 e. The van der Waals surface area contributed by atoms with Crippen molar-refractivity contribution in [2.75, 3.05) is 12.4 Å². The Morgan fingerprint density at radius 1 is 1.39 bits per heavy atom. The molecule has 5 heteroatoms. The first kappa shape index (κ1) is 14.7. The summed E-state index contributed by atoms with van der Waals surface area (Å²) in [6.07, 6.45) is 1.97. The van der Waals surface area contributed by atoms with Gasteiger partial charge in [0.15, 0.2) is 0 Å². The van der Waals surface area contributed by atoms with Gasteiger partial charge < -0.3 is 10.1 Å². The van der Waals surface area contributed by atoms with Gasteiger partial charge in [0.1, 0.15) is 11.9 Å². The van der Waals surface area contributed by atoms with E-state index >= 15 is 0 Å². The molecule has 0 bridgehead atoms. The Bertz CT molecular complexity index is 409. The van der Waals surface area contributed by atoms with Gasteiger partial charge in [0.05, 0.1) is 5.69 Å². The van der Waals surface area contributed by atoms with Crippen molar-refractivity contribution in [3.8, 4) is 0 Å². The number of carbonyl (C=O) groups is 1. The second-order valence-corrected chi connectivity index (χ2v) is 4.23. The fraction of sp³-hybridized carbons (Fsp3) is 0.692. The molecule has 1 heterocycles. The number of nitrogens with zero attached hydrogens (tertiary/aromatic N) is 2. The van der Waals surface area contributed by atoms with Crippen molar-refractivity contribution in [2.24, 2.45) is 7.05 Å². The van der Waals surface area contributed by atoms with Crippen LogP contribution in [0.15, 0.2) is 0 Å². The molecule has 0 saturated heterocycles. The maximum Gasteiger partial charge on any atom is 0.254 e. The number of hydrogen-bond acceptors (Lipinski definition) is 3. The third kappa shape index (κ3) is 2.90. The van der Waals surface area contributed by atoms with Crippen LogP contribution in [0.5, 0.6) is 0 Å². The van der Waals surface area contributed by atoms with Crippen LogP contribution in [0.2, 0.25) is 0 Å². The monoisotopic (exact) mass is 253 g/mol. The van der Waals surface area contributed by atoms with Gasteiger partial charge >= 0.3 is 0 Å². The zero-order valence-electron chi connectivity index (χ0n) is 11.9. The number of hydrogen-bond donors (Lipinski definition) is 1. The average Bonchev–Trinajstić information content (AvgIpc) is 2.67. The van der Waals surface area contributed by atoms with E-state index in [4.69, 9.17) is 4.74 Å². The molecule has 1 amide bonds. The van der Waals surface area contributed by atoms with Crippen LogP contribution in [0.1, 0.15) is 38.4 Å². The molecule has 5 nitrogen and oxygen atoms in total. The molecule has 1 N–H and O–H groups in total. The molecule has 0 saturated carbocycles. The van der Waals surface area contributed by atoms with E-state index in [9.17, 15) is 4.79 Å². The van der Waals surface area contributed by atoms with E-state index in [-0.39, 0.29) is 5.91 Å². The van der Waals surface area contributed by atoms with Crippen molar-refractivity contribution in [3.05, 3.63) is 11.3 Å². The molecule has 102 valence electrons. The number of rotatable bonds is 6.